The van der Waals surface area contributed by atoms with Crippen molar-refractivity contribution in [1.82, 2.24) is 4.98 Å². The first kappa shape index (κ1) is 17.7. The van der Waals surface area contributed by atoms with Crippen molar-refractivity contribution in [3.8, 4) is 5.75 Å². The molecule has 24 heavy (non-hydrogen) atoms. The topological polar surface area (TPSA) is 68.7 Å². The average Bonchev–Trinajstić information content (AvgIpc) is 2.57. The number of benzene rings is 1. The number of ether oxygens (including phenoxy) is 2. The van der Waals surface area contributed by atoms with Crippen LogP contribution in [0.3, 0.4) is 0 Å². The molecular formula is C18H22N2O4. The van der Waals surface area contributed by atoms with Gasteiger partial charge in [-0.25, -0.2) is 0 Å². The Labute approximate surface area is 141 Å². The average molecular weight is 330 g/mol. The summed E-state index contributed by atoms with van der Waals surface area (Å²) in [5, 5.41) is 0.835. The summed E-state index contributed by atoms with van der Waals surface area (Å²) in [5.41, 5.74) is 1.96. The Morgan fingerprint density at radius 3 is 2.58 bits per heavy atom. The summed E-state index contributed by atoms with van der Waals surface area (Å²) in [5.74, 6) is 0.151. The molecule has 0 N–H and O–H groups in total. The summed E-state index contributed by atoms with van der Waals surface area (Å²) in [4.78, 5) is 30.3. The van der Waals surface area contributed by atoms with Crippen molar-refractivity contribution in [2.24, 2.45) is 0 Å². The Kier molecular flexibility index (Phi) is 5.73. The molecule has 1 heterocycles. The molecule has 0 radical (unpaired) electrons. The van der Waals surface area contributed by atoms with Crippen molar-refractivity contribution in [3.63, 3.8) is 0 Å². The van der Waals surface area contributed by atoms with Crippen molar-refractivity contribution < 1.29 is 19.1 Å². The number of anilines is 1. The number of fused-ring (bicyclic) bond motifs is 1. The number of rotatable bonds is 7. The summed E-state index contributed by atoms with van der Waals surface area (Å²) < 4.78 is 10.2. The number of pyridine rings is 1. The summed E-state index contributed by atoms with van der Waals surface area (Å²) in [6.45, 7) is 2.05. The lowest BCUT2D eigenvalue weighted by Crippen LogP contribution is -2.16. The lowest BCUT2D eigenvalue weighted by molar-refractivity contribution is -0.143. The molecule has 6 nitrogen and oxygen atoms in total. The second-order valence-electron chi connectivity index (χ2n) is 5.50. The van der Waals surface area contributed by atoms with E-state index in [9.17, 15) is 9.59 Å². The van der Waals surface area contributed by atoms with Gasteiger partial charge in [-0.1, -0.05) is 12.1 Å². The van der Waals surface area contributed by atoms with Crippen molar-refractivity contribution in [3.05, 3.63) is 30.0 Å². The minimum atomic E-state index is -0.368. The Morgan fingerprint density at radius 1 is 1.21 bits per heavy atom. The van der Waals surface area contributed by atoms with E-state index in [1.807, 2.05) is 37.2 Å². The number of methoxy groups -OCH3 is 1. The smallest absolute Gasteiger partial charge is 0.306 e. The predicted molar refractivity (Wildman–Crippen MR) is 92.8 cm³/mol. The number of nitrogens with zero attached hydrogens (tertiary/aromatic N) is 2. The molecule has 128 valence electrons. The van der Waals surface area contributed by atoms with Crippen LogP contribution < -0.4 is 9.64 Å². The van der Waals surface area contributed by atoms with Gasteiger partial charge in [0.05, 0.1) is 31.4 Å². The van der Waals surface area contributed by atoms with Crippen LogP contribution in [0.4, 0.5) is 5.69 Å². The Morgan fingerprint density at radius 2 is 1.96 bits per heavy atom. The van der Waals surface area contributed by atoms with Crippen LogP contribution in [0.2, 0.25) is 0 Å². The molecule has 0 spiro atoms. The molecule has 0 unspecified atom stereocenters. The fraction of sp³-hybridized carbons (Fsp3) is 0.389. The second-order valence-corrected chi connectivity index (χ2v) is 5.50. The van der Waals surface area contributed by atoms with E-state index in [0.29, 0.717) is 23.4 Å². The number of esters is 1. The zero-order valence-electron chi connectivity index (χ0n) is 14.5. The van der Waals surface area contributed by atoms with E-state index in [-0.39, 0.29) is 24.6 Å². The highest BCUT2D eigenvalue weighted by molar-refractivity contribution is 6.09. The van der Waals surface area contributed by atoms with Crippen LogP contribution >= 0.6 is 0 Å². The lowest BCUT2D eigenvalue weighted by atomic mass is 10.0. The third-order valence-electron chi connectivity index (χ3n) is 3.66. The zero-order valence-corrected chi connectivity index (χ0v) is 14.5. The van der Waals surface area contributed by atoms with Crippen molar-refractivity contribution in [2.45, 2.75) is 19.8 Å². The maximum Gasteiger partial charge on any atom is 0.306 e. The quantitative estimate of drug-likeness (QED) is 0.574. The molecule has 6 heteroatoms. The standard InChI is InChI=1S/C18H22N2O4/c1-5-24-16(22)10-9-14(21)13-11-19-17-12(18(13)20(2)3)7-6-8-15(17)23-4/h6-8,11H,5,9-10H2,1-4H3. The van der Waals surface area contributed by atoms with Crippen LogP contribution in [-0.2, 0) is 9.53 Å². The molecule has 1 aromatic carbocycles. The number of Topliss-reactive ketones (excluding diaryl/α,β-unsaturated/α-hetero) is 1. The molecule has 0 aliphatic carbocycles. The summed E-state index contributed by atoms with van der Waals surface area (Å²) >= 11 is 0. The lowest BCUT2D eigenvalue weighted by Gasteiger charge is -2.19. The summed E-state index contributed by atoms with van der Waals surface area (Å²) in [6.07, 6.45) is 1.71. The molecule has 0 saturated heterocycles. The largest absolute Gasteiger partial charge is 0.494 e. The number of hydrogen-bond donors (Lipinski definition) is 0. The van der Waals surface area contributed by atoms with E-state index in [2.05, 4.69) is 4.98 Å². The fourth-order valence-corrected chi connectivity index (χ4v) is 2.62. The summed E-state index contributed by atoms with van der Waals surface area (Å²) in [6, 6.07) is 5.60. The highest BCUT2D eigenvalue weighted by Crippen LogP contribution is 2.33. The van der Waals surface area contributed by atoms with Gasteiger partial charge in [0.2, 0.25) is 0 Å². The van der Waals surface area contributed by atoms with Gasteiger partial charge < -0.3 is 14.4 Å². The molecule has 0 aliphatic rings. The minimum absolute atomic E-state index is 0.0652. The van der Waals surface area contributed by atoms with Gasteiger partial charge in [-0.05, 0) is 13.0 Å². The van der Waals surface area contributed by atoms with Crippen LogP contribution in [0, 0.1) is 0 Å². The number of para-hydroxylation sites is 1. The van der Waals surface area contributed by atoms with Crippen LogP contribution in [0.15, 0.2) is 24.4 Å². The van der Waals surface area contributed by atoms with Crippen molar-refractivity contribution >= 4 is 28.3 Å². The van der Waals surface area contributed by atoms with Crippen LogP contribution in [0.25, 0.3) is 10.9 Å². The van der Waals surface area contributed by atoms with Crippen molar-refractivity contribution in [2.75, 3.05) is 32.7 Å². The summed E-state index contributed by atoms with van der Waals surface area (Å²) in [7, 11) is 5.33. The molecular weight excluding hydrogens is 308 g/mol. The van der Waals surface area contributed by atoms with Gasteiger partial charge in [-0.3, -0.25) is 14.6 Å². The maximum atomic E-state index is 12.6. The van der Waals surface area contributed by atoms with Gasteiger partial charge in [-0.15, -0.1) is 0 Å². The third-order valence-corrected chi connectivity index (χ3v) is 3.66. The molecule has 2 aromatic rings. The predicted octanol–water partition coefficient (Wildman–Crippen LogP) is 2.84. The number of hydrogen-bond acceptors (Lipinski definition) is 6. The Bertz CT molecular complexity index is 756. The van der Waals surface area contributed by atoms with E-state index < -0.39 is 0 Å². The first-order valence-corrected chi connectivity index (χ1v) is 7.81. The minimum Gasteiger partial charge on any atom is -0.494 e. The Hall–Kier alpha value is -2.63. The van der Waals surface area contributed by atoms with Gasteiger partial charge in [0.1, 0.15) is 11.3 Å². The van der Waals surface area contributed by atoms with E-state index in [0.717, 1.165) is 11.1 Å². The normalized spacial score (nSPS) is 10.5. The molecule has 1 aromatic heterocycles. The van der Waals surface area contributed by atoms with Gasteiger partial charge >= 0.3 is 5.97 Å². The molecule has 0 fully saturated rings. The van der Waals surface area contributed by atoms with Gasteiger partial charge in [0.15, 0.2) is 5.78 Å². The second kappa shape index (κ2) is 7.77. The van der Waals surface area contributed by atoms with Crippen LogP contribution in [0.5, 0.6) is 5.75 Å². The van der Waals surface area contributed by atoms with E-state index in [1.165, 1.54) is 0 Å². The highest BCUT2D eigenvalue weighted by Gasteiger charge is 2.19. The zero-order chi connectivity index (χ0) is 17.7. The van der Waals surface area contributed by atoms with Crippen molar-refractivity contribution in [1.29, 1.82) is 0 Å². The first-order chi connectivity index (χ1) is 11.5. The molecule has 0 bridgehead atoms. The first-order valence-electron chi connectivity index (χ1n) is 7.81. The molecule has 0 atom stereocenters. The molecule has 0 amide bonds. The van der Waals surface area contributed by atoms with Gasteiger partial charge in [0, 0.05) is 32.1 Å². The monoisotopic (exact) mass is 330 g/mol. The highest BCUT2D eigenvalue weighted by atomic mass is 16.5. The number of ketones is 1. The van der Waals surface area contributed by atoms with Crippen LogP contribution in [0.1, 0.15) is 30.1 Å². The molecule has 0 saturated carbocycles. The number of aromatic nitrogens is 1. The van der Waals surface area contributed by atoms with Gasteiger partial charge in [-0.2, -0.15) is 0 Å². The van der Waals surface area contributed by atoms with Crippen LogP contribution in [-0.4, -0.2) is 44.5 Å². The van der Waals surface area contributed by atoms with E-state index in [1.54, 1.807) is 20.2 Å². The van der Waals surface area contributed by atoms with Gasteiger partial charge in [0.25, 0.3) is 0 Å². The maximum absolute atomic E-state index is 12.6. The number of carbonyl (C=O) groups is 2. The number of carbonyl (C=O) groups excluding carboxylic acids is 2. The Balaban J connectivity index is 2.41. The molecule has 0 aliphatic heterocycles. The SMILES string of the molecule is CCOC(=O)CCC(=O)c1cnc2c(OC)cccc2c1N(C)C. The van der Waals surface area contributed by atoms with E-state index >= 15 is 0 Å². The fourth-order valence-electron chi connectivity index (χ4n) is 2.62. The third kappa shape index (κ3) is 3.64. The molecule has 2 rings (SSSR count). The van der Waals surface area contributed by atoms with E-state index in [4.69, 9.17) is 9.47 Å².